The molecule has 1 aromatic heterocycles. The van der Waals surface area contributed by atoms with Crippen LogP contribution in [0, 0.1) is 5.82 Å². The number of nitrogens with one attached hydrogen (secondary N) is 1. The maximum atomic E-state index is 13.3. The molecule has 0 aliphatic carbocycles. The molecule has 1 heterocycles. The number of hydrogen-bond acceptors (Lipinski definition) is 2. The van der Waals surface area contributed by atoms with Gasteiger partial charge in [-0.1, -0.05) is 24.3 Å². The van der Waals surface area contributed by atoms with E-state index >= 15 is 0 Å². The monoisotopic (exact) mass is 344 g/mol. The van der Waals surface area contributed by atoms with Crippen molar-refractivity contribution in [2.45, 2.75) is 13.0 Å². The summed E-state index contributed by atoms with van der Waals surface area (Å²) in [5, 5.41) is 4.53. The number of halogens is 2. The molecule has 106 valence electrons. The van der Waals surface area contributed by atoms with E-state index in [4.69, 9.17) is 0 Å². The van der Waals surface area contributed by atoms with E-state index in [0.717, 1.165) is 22.2 Å². The Balaban J connectivity index is 1.92. The van der Waals surface area contributed by atoms with E-state index in [1.165, 1.54) is 6.07 Å². The highest BCUT2D eigenvalue weighted by molar-refractivity contribution is 9.10. The van der Waals surface area contributed by atoms with E-state index in [1.807, 2.05) is 37.3 Å². The van der Waals surface area contributed by atoms with E-state index in [9.17, 15) is 4.39 Å². The first kappa shape index (κ1) is 14.0. The molecule has 0 aliphatic heterocycles. The van der Waals surface area contributed by atoms with Crippen molar-refractivity contribution in [2.24, 2.45) is 0 Å². The molecule has 0 saturated carbocycles. The molecule has 0 aliphatic rings. The van der Waals surface area contributed by atoms with Crippen molar-refractivity contribution in [3.05, 3.63) is 70.6 Å². The number of hydrogen-bond donors (Lipinski definition) is 1. The van der Waals surface area contributed by atoms with Crippen LogP contribution in [0.3, 0.4) is 0 Å². The number of para-hydroxylation sites is 1. The Morgan fingerprint density at radius 2 is 1.95 bits per heavy atom. The van der Waals surface area contributed by atoms with E-state index < -0.39 is 0 Å². The SMILES string of the molecule is CC(Nc1cccc2cccnc12)c1ccc(F)c(Br)c1. The maximum Gasteiger partial charge on any atom is 0.137 e. The molecule has 2 nitrogen and oxygen atoms in total. The summed E-state index contributed by atoms with van der Waals surface area (Å²) in [6.07, 6.45) is 1.78. The van der Waals surface area contributed by atoms with Crippen molar-refractivity contribution in [1.82, 2.24) is 4.98 Å². The lowest BCUT2D eigenvalue weighted by Gasteiger charge is -2.17. The van der Waals surface area contributed by atoms with Crippen molar-refractivity contribution in [3.8, 4) is 0 Å². The van der Waals surface area contributed by atoms with Gasteiger partial charge in [-0.25, -0.2) is 4.39 Å². The lowest BCUT2D eigenvalue weighted by Crippen LogP contribution is -2.07. The zero-order valence-electron chi connectivity index (χ0n) is 11.5. The van der Waals surface area contributed by atoms with E-state index in [2.05, 4.69) is 26.2 Å². The summed E-state index contributed by atoms with van der Waals surface area (Å²) in [4.78, 5) is 4.43. The first-order valence-electron chi connectivity index (χ1n) is 6.70. The normalized spacial score (nSPS) is 12.3. The van der Waals surface area contributed by atoms with Crippen LogP contribution in [0.25, 0.3) is 10.9 Å². The zero-order chi connectivity index (χ0) is 14.8. The Kier molecular flexibility index (Phi) is 3.88. The summed E-state index contributed by atoms with van der Waals surface area (Å²) in [5.41, 5.74) is 2.92. The molecule has 1 unspecified atom stereocenters. The van der Waals surface area contributed by atoms with Crippen LogP contribution in [-0.4, -0.2) is 4.98 Å². The standard InChI is InChI=1S/C17H14BrFN2/c1-11(13-7-8-15(19)14(18)10-13)21-16-6-2-4-12-5-3-9-20-17(12)16/h2-11,21H,1H3. The van der Waals surface area contributed by atoms with E-state index in [-0.39, 0.29) is 11.9 Å². The topological polar surface area (TPSA) is 24.9 Å². The molecule has 3 rings (SSSR count). The van der Waals surface area contributed by atoms with Gasteiger partial charge in [0.05, 0.1) is 15.7 Å². The summed E-state index contributed by atoms with van der Waals surface area (Å²) in [6.45, 7) is 2.04. The Bertz CT molecular complexity index is 783. The molecule has 0 radical (unpaired) electrons. The van der Waals surface area contributed by atoms with Gasteiger partial charge >= 0.3 is 0 Å². The molecule has 21 heavy (non-hydrogen) atoms. The van der Waals surface area contributed by atoms with Crippen LogP contribution in [0.5, 0.6) is 0 Å². The lowest BCUT2D eigenvalue weighted by atomic mass is 10.1. The second-order valence-electron chi connectivity index (χ2n) is 4.92. The molecule has 0 saturated heterocycles. The van der Waals surface area contributed by atoms with Crippen LogP contribution >= 0.6 is 15.9 Å². The van der Waals surface area contributed by atoms with E-state index in [0.29, 0.717) is 4.47 Å². The summed E-state index contributed by atoms with van der Waals surface area (Å²) >= 11 is 3.22. The van der Waals surface area contributed by atoms with Crippen LogP contribution in [0.4, 0.5) is 10.1 Å². The molecule has 0 bridgehead atoms. The minimum absolute atomic E-state index is 0.0505. The van der Waals surface area contributed by atoms with Gasteiger partial charge in [-0.15, -0.1) is 0 Å². The smallest absolute Gasteiger partial charge is 0.137 e. The summed E-state index contributed by atoms with van der Waals surface area (Å²) in [7, 11) is 0. The number of anilines is 1. The van der Waals surface area contributed by atoms with Crippen LogP contribution in [-0.2, 0) is 0 Å². The van der Waals surface area contributed by atoms with E-state index in [1.54, 1.807) is 18.3 Å². The van der Waals surface area contributed by atoms with Crippen LogP contribution < -0.4 is 5.32 Å². The van der Waals surface area contributed by atoms with Gasteiger partial charge in [0.25, 0.3) is 0 Å². The van der Waals surface area contributed by atoms with Crippen molar-refractivity contribution < 1.29 is 4.39 Å². The molecule has 3 aromatic rings. The molecular formula is C17H14BrFN2. The zero-order valence-corrected chi connectivity index (χ0v) is 13.1. The van der Waals surface area contributed by atoms with Gasteiger partial charge in [-0.05, 0) is 52.7 Å². The Hall–Kier alpha value is -1.94. The Morgan fingerprint density at radius 3 is 2.76 bits per heavy atom. The number of pyridine rings is 1. The second-order valence-corrected chi connectivity index (χ2v) is 5.77. The fourth-order valence-electron chi connectivity index (χ4n) is 2.32. The van der Waals surface area contributed by atoms with Gasteiger partial charge in [-0.2, -0.15) is 0 Å². The highest BCUT2D eigenvalue weighted by Gasteiger charge is 2.10. The number of rotatable bonds is 3. The van der Waals surface area contributed by atoms with Crippen LogP contribution in [0.1, 0.15) is 18.5 Å². The third-order valence-electron chi connectivity index (χ3n) is 3.45. The average molecular weight is 345 g/mol. The van der Waals surface area contributed by atoms with Gasteiger partial charge in [0.2, 0.25) is 0 Å². The molecule has 0 amide bonds. The molecular weight excluding hydrogens is 331 g/mol. The van der Waals surface area contributed by atoms with Crippen LogP contribution in [0.2, 0.25) is 0 Å². The quantitative estimate of drug-likeness (QED) is 0.696. The minimum Gasteiger partial charge on any atom is -0.377 e. The van der Waals surface area contributed by atoms with Gasteiger partial charge in [0.15, 0.2) is 0 Å². The molecule has 4 heteroatoms. The molecule has 2 aromatic carbocycles. The van der Waals surface area contributed by atoms with Crippen LogP contribution in [0.15, 0.2) is 59.2 Å². The summed E-state index contributed by atoms with van der Waals surface area (Å²) in [5.74, 6) is -0.252. The Labute approximate surface area is 131 Å². The number of fused-ring (bicyclic) bond motifs is 1. The summed E-state index contributed by atoms with van der Waals surface area (Å²) < 4.78 is 13.8. The second kappa shape index (κ2) is 5.82. The first-order chi connectivity index (χ1) is 10.1. The molecule has 0 fully saturated rings. The molecule has 1 N–H and O–H groups in total. The van der Waals surface area contributed by atoms with Gasteiger partial charge in [0.1, 0.15) is 5.82 Å². The van der Waals surface area contributed by atoms with Crippen molar-refractivity contribution in [3.63, 3.8) is 0 Å². The number of benzene rings is 2. The fraction of sp³-hybridized carbons (Fsp3) is 0.118. The number of nitrogens with zero attached hydrogens (tertiary/aromatic N) is 1. The largest absolute Gasteiger partial charge is 0.377 e. The highest BCUT2D eigenvalue weighted by Crippen LogP contribution is 2.27. The van der Waals surface area contributed by atoms with Crippen molar-refractivity contribution >= 4 is 32.5 Å². The number of aromatic nitrogens is 1. The highest BCUT2D eigenvalue weighted by atomic mass is 79.9. The summed E-state index contributed by atoms with van der Waals surface area (Å²) in [6, 6.07) is 15.1. The minimum atomic E-state index is -0.252. The fourth-order valence-corrected chi connectivity index (χ4v) is 2.72. The first-order valence-corrected chi connectivity index (χ1v) is 7.49. The lowest BCUT2D eigenvalue weighted by molar-refractivity contribution is 0.619. The van der Waals surface area contributed by atoms with Gasteiger partial charge in [-0.3, -0.25) is 4.98 Å². The molecule has 1 atom stereocenters. The third-order valence-corrected chi connectivity index (χ3v) is 4.06. The molecule has 0 spiro atoms. The van der Waals surface area contributed by atoms with Gasteiger partial charge < -0.3 is 5.32 Å². The van der Waals surface area contributed by atoms with Gasteiger partial charge in [0, 0.05) is 17.6 Å². The van der Waals surface area contributed by atoms with Crippen molar-refractivity contribution in [2.75, 3.05) is 5.32 Å². The Morgan fingerprint density at radius 1 is 1.14 bits per heavy atom. The average Bonchev–Trinajstić information content (AvgIpc) is 2.50. The van der Waals surface area contributed by atoms with Crippen molar-refractivity contribution in [1.29, 1.82) is 0 Å². The third kappa shape index (κ3) is 2.90. The predicted molar refractivity (Wildman–Crippen MR) is 87.9 cm³/mol. The predicted octanol–water partition coefficient (Wildman–Crippen LogP) is 5.31. The maximum absolute atomic E-state index is 13.3.